The van der Waals surface area contributed by atoms with Crippen LogP contribution in [-0.2, 0) is 12.3 Å². The summed E-state index contributed by atoms with van der Waals surface area (Å²) in [5.41, 5.74) is 2.76. The summed E-state index contributed by atoms with van der Waals surface area (Å²) in [6.45, 7) is 0. The van der Waals surface area contributed by atoms with Gasteiger partial charge in [0.2, 0.25) is 0 Å². The Morgan fingerprint density at radius 1 is 1.29 bits per heavy atom. The highest BCUT2D eigenvalue weighted by Gasteiger charge is 2.01. The largest absolute Gasteiger partial charge is 0.347 e. The van der Waals surface area contributed by atoms with Gasteiger partial charge in [0.25, 0.3) is 0 Å². The van der Waals surface area contributed by atoms with Crippen molar-refractivity contribution in [3.8, 4) is 6.07 Å². The molecule has 0 saturated carbocycles. The van der Waals surface area contributed by atoms with Crippen LogP contribution >= 0.6 is 24.0 Å². The summed E-state index contributed by atoms with van der Waals surface area (Å²) in [5, 5.41) is 8.67. The summed E-state index contributed by atoms with van der Waals surface area (Å²) in [6, 6.07) is 9.59. The number of hydrogen-bond donors (Lipinski definition) is 1. The van der Waals surface area contributed by atoms with Crippen LogP contribution in [0.4, 0.5) is 0 Å². The van der Waals surface area contributed by atoms with Gasteiger partial charge in [-0.05, 0) is 17.7 Å². The maximum atomic E-state index is 8.67. The van der Waals surface area contributed by atoms with Gasteiger partial charge in [0, 0.05) is 12.6 Å². The number of aromatic amines is 1. The lowest BCUT2D eigenvalue weighted by molar-refractivity contribution is 1.05. The van der Waals surface area contributed by atoms with Crippen LogP contribution in [0.1, 0.15) is 22.6 Å². The van der Waals surface area contributed by atoms with E-state index in [-0.39, 0.29) is 12.4 Å². The van der Waals surface area contributed by atoms with Gasteiger partial charge in [0.1, 0.15) is 5.82 Å². The van der Waals surface area contributed by atoms with Crippen molar-refractivity contribution in [2.45, 2.75) is 12.3 Å². The summed E-state index contributed by atoms with van der Waals surface area (Å²) in [4.78, 5) is 7.32. The lowest BCUT2D eigenvalue weighted by Gasteiger charge is -1.97. The SMILES string of the molecule is Cl.N#Cc1ccc(Cc2c[nH]c(CCl)n2)cc1. The Kier molecular flexibility index (Phi) is 5.02. The van der Waals surface area contributed by atoms with E-state index in [1.165, 1.54) is 0 Å². The molecule has 88 valence electrons. The van der Waals surface area contributed by atoms with Crippen LogP contribution in [0.3, 0.4) is 0 Å². The molecule has 0 bridgehead atoms. The van der Waals surface area contributed by atoms with Crippen molar-refractivity contribution in [1.29, 1.82) is 5.26 Å². The third kappa shape index (κ3) is 3.48. The molecule has 0 aliphatic carbocycles. The number of alkyl halides is 1. The number of nitriles is 1. The molecule has 0 aliphatic rings. The van der Waals surface area contributed by atoms with Crippen molar-refractivity contribution in [3.63, 3.8) is 0 Å². The molecule has 1 N–H and O–H groups in total. The Labute approximate surface area is 111 Å². The lowest BCUT2D eigenvalue weighted by Crippen LogP contribution is -1.89. The maximum Gasteiger partial charge on any atom is 0.121 e. The van der Waals surface area contributed by atoms with Gasteiger partial charge in [-0.3, -0.25) is 0 Å². The zero-order valence-corrected chi connectivity index (χ0v) is 10.6. The van der Waals surface area contributed by atoms with Crippen LogP contribution in [0.15, 0.2) is 30.5 Å². The van der Waals surface area contributed by atoms with Gasteiger partial charge < -0.3 is 4.98 Å². The highest BCUT2D eigenvalue weighted by Crippen LogP contribution is 2.09. The van der Waals surface area contributed by atoms with Crippen molar-refractivity contribution in [1.82, 2.24) is 9.97 Å². The molecule has 0 unspecified atom stereocenters. The smallest absolute Gasteiger partial charge is 0.121 e. The molecule has 0 fully saturated rings. The number of H-pyrrole nitrogens is 1. The molecule has 0 saturated heterocycles. The predicted molar refractivity (Wildman–Crippen MR) is 69.4 cm³/mol. The normalized spacial score (nSPS) is 9.41. The molecule has 0 radical (unpaired) electrons. The molecule has 0 spiro atoms. The number of halogens is 2. The van der Waals surface area contributed by atoms with Crippen molar-refractivity contribution in [3.05, 3.63) is 53.1 Å². The molecule has 0 amide bonds. The van der Waals surface area contributed by atoms with Gasteiger partial charge in [-0.25, -0.2) is 4.98 Å². The second-order valence-corrected chi connectivity index (χ2v) is 3.72. The third-order valence-electron chi connectivity index (χ3n) is 2.28. The molecular weight excluding hydrogens is 257 g/mol. The lowest BCUT2D eigenvalue weighted by atomic mass is 10.1. The number of hydrogen-bond acceptors (Lipinski definition) is 2. The molecule has 5 heteroatoms. The molecule has 3 nitrogen and oxygen atoms in total. The van der Waals surface area contributed by atoms with Crippen molar-refractivity contribution in [2.75, 3.05) is 0 Å². The molecule has 0 aliphatic heterocycles. The minimum absolute atomic E-state index is 0. The number of aromatic nitrogens is 2. The quantitative estimate of drug-likeness (QED) is 0.870. The Balaban J connectivity index is 0.00000144. The Morgan fingerprint density at radius 2 is 2.00 bits per heavy atom. The molecule has 2 rings (SSSR count). The van der Waals surface area contributed by atoms with Crippen LogP contribution in [0, 0.1) is 11.3 Å². The Bertz CT molecular complexity index is 511. The second-order valence-electron chi connectivity index (χ2n) is 3.46. The summed E-state index contributed by atoms with van der Waals surface area (Å²) in [6.07, 6.45) is 2.61. The minimum Gasteiger partial charge on any atom is -0.347 e. The average Bonchev–Trinajstić information content (AvgIpc) is 2.78. The average molecular weight is 268 g/mol. The monoisotopic (exact) mass is 267 g/mol. The van der Waals surface area contributed by atoms with Crippen LogP contribution in [-0.4, -0.2) is 9.97 Å². The zero-order chi connectivity index (χ0) is 11.4. The van der Waals surface area contributed by atoms with Gasteiger partial charge in [-0.15, -0.1) is 24.0 Å². The van der Waals surface area contributed by atoms with Gasteiger partial charge in [-0.1, -0.05) is 12.1 Å². The van der Waals surface area contributed by atoms with Gasteiger partial charge in [0.15, 0.2) is 0 Å². The number of benzene rings is 1. The molecule has 1 heterocycles. The highest BCUT2D eigenvalue weighted by molar-refractivity contribution is 6.16. The van der Waals surface area contributed by atoms with E-state index in [9.17, 15) is 0 Å². The van der Waals surface area contributed by atoms with Gasteiger partial charge in [0.05, 0.1) is 23.2 Å². The van der Waals surface area contributed by atoms with E-state index in [4.69, 9.17) is 16.9 Å². The summed E-state index contributed by atoms with van der Waals surface area (Å²) in [7, 11) is 0. The van der Waals surface area contributed by atoms with Crippen LogP contribution in [0.2, 0.25) is 0 Å². The van der Waals surface area contributed by atoms with Crippen molar-refractivity contribution >= 4 is 24.0 Å². The fourth-order valence-electron chi connectivity index (χ4n) is 1.47. The van der Waals surface area contributed by atoms with Gasteiger partial charge in [-0.2, -0.15) is 5.26 Å². The van der Waals surface area contributed by atoms with E-state index in [0.717, 1.165) is 23.5 Å². The molecule has 1 aromatic heterocycles. The topological polar surface area (TPSA) is 52.5 Å². The molecule has 2 aromatic rings. The summed E-state index contributed by atoms with van der Waals surface area (Å²) >= 11 is 5.65. The zero-order valence-electron chi connectivity index (χ0n) is 8.98. The molecular formula is C12H11Cl2N3. The Morgan fingerprint density at radius 3 is 2.53 bits per heavy atom. The van der Waals surface area contributed by atoms with Crippen molar-refractivity contribution in [2.24, 2.45) is 0 Å². The fraction of sp³-hybridized carbons (Fsp3) is 0.167. The van der Waals surface area contributed by atoms with E-state index in [1.807, 2.05) is 30.5 Å². The van der Waals surface area contributed by atoms with E-state index < -0.39 is 0 Å². The van der Waals surface area contributed by atoms with E-state index >= 15 is 0 Å². The number of nitrogens with zero attached hydrogens (tertiary/aromatic N) is 2. The van der Waals surface area contributed by atoms with Crippen LogP contribution < -0.4 is 0 Å². The molecule has 0 atom stereocenters. The molecule has 17 heavy (non-hydrogen) atoms. The number of rotatable bonds is 3. The standard InChI is InChI=1S/C12H10ClN3.ClH/c13-6-12-15-8-11(16-12)5-9-1-3-10(7-14)4-2-9;/h1-4,8H,5-6H2,(H,15,16);1H. The summed E-state index contributed by atoms with van der Waals surface area (Å²) in [5.74, 6) is 1.18. The second kappa shape index (κ2) is 6.29. The molecule has 1 aromatic carbocycles. The first-order valence-electron chi connectivity index (χ1n) is 4.90. The third-order valence-corrected chi connectivity index (χ3v) is 2.53. The first kappa shape index (κ1) is 13.6. The first-order valence-corrected chi connectivity index (χ1v) is 5.43. The van der Waals surface area contributed by atoms with E-state index in [2.05, 4.69) is 16.0 Å². The van der Waals surface area contributed by atoms with E-state index in [1.54, 1.807) is 0 Å². The van der Waals surface area contributed by atoms with Gasteiger partial charge >= 0.3 is 0 Å². The fourth-order valence-corrected chi connectivity index (χ4v) is 1.61. The number of imidazole rings is 1. The van der Waals surface area contributed by atoms with Crippen LogP contribution in [0.25, 0.3) is 0 Å². The van der Waals surface area contributed by atoms with Crippen molar-refractivity contribution < 1.29 is 0 Å². The Hall–Kier alpha value is -1.50. The predicted octanol–water partition coefficient (Wildman–Crippen LogP) is 3.03. The highest BCUT2D eigenvalue weighted by atomic mass is 35.5. The number of nitrogens with one attached hydrogen (secondary N) is 1. The van der Waals surface area contributed by atoms with E-state index in [0.29, 0.717) is 11.4 Å². The maximum absolute atomic E-state index is 8.67. The first-order chi connectivity index (χ1) is 7.81. The minimum atomic E-state index is 0. The summed E-state index contributed by atoms with van der Waals surface area (Å²) < 4.78 is 0. The van der Waals surface area contributed by atoms with Crippen LogP contribution in [0.5, 0.6) is 0 Å².